The predicted molar refractivity (Wildman–Crippen MR) is 124 cm³/mol. The first-order chi connectivity index (χ1) is 15.5. The van der Waals surface area contributed by atoms with Crippen molar-refractivity contribution < 1.29 is 14.3 Å². The molecule has 0 saturated heterocycles. The molecule has 4 aromatic rings. The Balaban J connectivity index is 0.00000259. The summed E-state index contributed by atoms with van der Waals surface area (Å²) in [5, 5.41) is 13.5. The Morgan fingerprint density at radius 2 is 2.09 bits per heavy atom. The van der Waals surface area contributed by atoms with E-state index in [9.17, 15) is 19.1 Å². The van der Waals surface area contributed by atoms with Crippen LogP contribution in [0.5, 0.6) is 5.75 Å². The third-order valence-electron chi connectivity index (χ3n) is 5.32. The molecule has 0 spiro atoms. The Kier molecular flexibility index (Phi) is 5.97. The van der Waals surface area contributed by atoms with Crippen molar-refractivity contribution in [1.82, 2.24) is 19.5 Å². The fourth-order valence-corrected chi connectivity index (χ4v) is 3.61. The lowest BCUT2D eigenvalue weighted by Gasteiger charge is -2.14. The molecule has 1 amide bonds. The van der Waals surface area contributed by atoms with Gasteiger partial charge in [0.1, 0.15) is 17.1 Å². The number of hydrazone groups is 1. The number of fused-ring (bicyclic) bond motifs is 1. The highest BCUT2D eigenvalue weighted by Crippen LogP contribution is 2.37. The monoisotopic (exact) mass is 467 g/mol. The summed E-state index contributed by atoms with van der Waals surface area (Å²) in [6.45, 7) is 0. The molecule has 0 unspecified atom stereocenters. The van der Waals surface area contributed by atoms with Gasteiger partial charge in [0, 0.05) is 30.0 Å². The van der Waals surface area contributed by atoms with Crippen LogP contribution in [0.3, 0.4) is 0 Å². The first-order valence-electron chi connectivity index (χ1n) is 10.0. The maximum Gasteiger partial charge on any atom is 0.276 e. The first kappa shape index (κ1) is 22.2. The van der Waals surface area contributed by atoms with Gasteiger partial charge in [-0.3, -0.25) is 9.59 Å². The largest absolute Gasteiger partial charge is 0.508 e. The summed E-state index contributed by atoms with van der Waals surface area (Å²) < 4.78 is 18.2. The minimum absolute atomic E-state index is 0. The van der Waals surface area contributed by atoms with E-state index in [0.29, 0.717) is 11.1 Å². The molecule has 8 nitrogen and oxygen atoms in total. The molecule has 1 fully saturated rings. The van der Waals surface area contributed by atoms with E-state index in [1.54, 1.807) is 30.6 Å². The number of aromatic nitrogens is 3. The summed E-state index contributed by atoms with van der Waals surface area (Å²) >= 11 is 0. The summed E-state index contributed by atoms with van der Waals surface area (Å²) in [4.78, 5) is 29.7. The second-order valence-corrected chi connectivity index (χ2v) is 7.60. The van der Waals surface area contributed by atoms with Gasteiger partial charge in [0.25, 0.3) is 5.91 Å². The van der Waals surface area contributed by atoms with E-state index in [4.69, 9.17) is 0 Å². The molecule has 168 valence electrons. The number of hydrogen-bond donors (Lipinski definition) is 2. The van der Waals surface area contributed by atoms with Crippen LogP contribution in [0.2, 0.25) is 0 Å². The molecule has 1 aliphatic rings. The lowest BCUT2D eigenvalue weighted by atomic mass is 10.1. The van der Waals surface area contributed by atoms with Gasteiger partial charge in [-0.2, -0.15) is 5.10 Å². The molecule has 2 heterocycles. The SMILES string of the molecule is Cl.O=C(N/N=C\c1cccc(O)c1)c1cn(C2CC2)c2cc(-n3ccnc3)c(F)cc2c1=O. The van der Waals surface area contributed by atoms with Crippen molar-refractivity contribution in [1.29, 1.82) is 0 Å². The van der Waals surface area contributed by atoms with E-state index in [1.165, 1.54) is 41.5 Å². The number of pyridine rings is 1. The number of amides is 1. The molecular weight excluding hydrogens is 449 g/mol. The molecule has 0 radical (unpaired) electrons. The summed E-state index contributed by atoms with van der Waals surface area (Å²) in [5.41, 5.74) is 3.06. The highest BCUT2D eigenvalue weighted by molar-refractivity contribution is 5.98. The fraction of sp³-hybridized carbons (Fsp3) is 0.130. The quantitative estimate of drug-likeness (QED) is 0.346. The molecule has 0 bridgehead atoms. The average Bonchev–Trinajstić information content (AvgIpc) is 3.47. The molecule has 2 aromatic heterocycles. The lowest BCUT2D eigenvalue weighted by Crippen LogP contribution is -2.27. The van der Waals surface area contributed by atoms with Crippen LogP contribution in [-0.4, -0.2) is 31.3 Å². The number of carbonyl (C=O) groups is 1. The molecule has 1 saturated carbocycles. The van der Waals surface area contributed by atoms with E-state index in [0.717, 1.165) is 12.8 Å². The number of carbonyl (C=O) groups excluding carboxylic acids is 1. The van der Waals surface area contributed by atoms with Gasteiger partial charge in [0.05, 0.1) is 23.7 Å². The number of rotatable bonds is 5. The maximum atomic E-state index is 14.8. The Morgan fingerprint density at radius 1 is 1.27 bits per heavy atom. The molecule has 2 N–H and O–H groups in total. The van der Waals surface area contributed by atoms with Gasteiger partial charge in [-0.05, 0) is 42.7 Å². The van der Waals surface area contributed by atoms with Crippen molar-refractivity contribution in [3.8, 4) is 11.4 Å². The van der Waals surface area contributed by atoms with Crippen molar-refractivity contribution in [2.75, 3.05) is 0 Å². The van der Waals surface area contributed by atoms with Gasteiger partial charge < -0.3 is 14.2 Å². The Hall–Kier alpha value is -3.98. The minimum Gasteiger partial charge on any atom is -0.508 e. The van der Waals surface area contributed by atoms with Crippen LogP contribution in [0.4, 0.5) is 4.39 Å². The van der Waals surface area contributed by atoms with E-state index < -0.39 is 17.2 Å². The van der Waals surface area contributed by atoms with Gasteiger partial charge in [0.2, 0.25) is 5.43 Å². The summed E-state index contributed by atoms with van der Waals surface area (Å²) in [6.07, 6.45) is 9.33. The minimum atomic E-state index is -0.693. The summed E-state index contributed by atoms with van der Waals surface area (Å²) in [5.74, 6) is -1.21. The number of phenols is 1. The van der Waals surface area contributed by atoms with Gasteiger partial charge in [-0.25, -0.2) is 14.8 Å². The van der Waals surface area contributed by atoms with Gasteiger partial charge in [0.15, 0.2) is 0 Å². The van der Waals surface area contributed by atoms with Crippen molar-refractivity contribution in [3.63, 3.8) is 0 Å². The van der Waals surface area contributed by atoms with Crippen LogP contribution in [0.25, 0.3) is 16.6 Å². The van der Waals surface area contributed by atoms with Crippen molar-refractivity contribution in [2.45, 2.75) is 18.9 Å². The summed E-state index contributed by atoms with van der Waals surface area (Å²) in [6, 6.07) is 9.25. The molecule has 10 heteroatoms. The number of aromatic hydroxyl groups is 1. The molecule has 5 rings (SSSR count). The Morgan fingerprint density at radius 3 is 2.79 bits per heavy atom. The van der Waals surface area contributed by atoms with Crippen LogP contribution < -0.4 is 10.9 Å². The van der Waals surface area contributed by atoms with Crippen LogP contribution >= 0.6 is 12.4 Å². The van der Waals surface area contributed by atoms with E-state index in [1.807, 2.05) is 4.57 Å². The number of nitrogens with one attached hydrogen (secondary N) is 1. The smallest absolute Gasteiger partial charge is 0.276 e. The zero-order chi connectivity index (χ0) is 22.2. The van der Waals surface area contributed by atoms with Gasteiger partial charge in [-0.15, -0.1) is 12.4 Å². The predicted octanol–water partition coefficient (Wildman–Crippen LogP) is 3.55. The zero-order valence-electron chi connectivity index (χ0n) is 17.2. The number of nitrogens with zero attached hydrogens (tertiary/aromatic N) is 4. The number of phenolic OH excluding ortho intramolecular Hbond substituents is 1. The average molecular weight is 468 g/mol. The molecule has 0 aliphatic heterocycles. The Labute approximate surface area is 193 Å². The highest BCUT2D eigenvalue weighted by atomic mass is 35.5. The number of hydrogen-bond acceptors (Lipinski definition) is 5. The van der Waals surface area contributed by atoms with E-state index in [-0.39, 0.29) is 40.8 Å². The van der Waals surface area contributed by atoms with Gasteiger partial charge in [-0.1, -0.05) is 12.1 Å². The summed E-state index contributed by atoms with van der Waals surface area (Å²) in [7, 11) is 0. The fourth-order valence-electron chi connectivity index (χ4n) is 3.61. The number of benzene rings is 2. The second kappa shape index (κ2) is 8.87. The Bertz CT molecular complexity index is 1430. The van der Waals surface area contributed by atoms with Crippen LogP contribution in [-0.2, 0) is 0 Å². The third-order valence-corrected chi connectivity index (χ3v) is 5.32. The maximum absolute atomic E-state index is 14.8. The number of imidazole rings is 1. The van der Waals surface area contributed by atoms with Crippen molar-refractivity contribution in [3.05, 3.63) is 88.5 Å². The number of halogens is 2. The standard InChI is InChI=1S/C23H18FN5O3.ClH/c24-19-9-17-20(10-21(19)28-7-6-25-13-28)29(15-4-5-15)12-18(22(17)31)23(32)27-26-11-14-2-1-3-16(30)8-14;/h1-3,6-13,15,30H,4-5H2,(H,27,32);1H/b26-11-;. The normalized spacial score (nSPS) is 13.2. The van der Waals surface area contributed by atoms with E-state index in [2.05, 4.69) is 15.5 Å². The molecular formula is C23H19ClFN5O3. The first-order valence-corrected chi connectivity index (χ1v) is 10.0. The van der Waals surface area contributed by atoms with Crippen molar-refractivity contribution >= 4 is 35.4 Å². The second-order valence-electron chi connectivity index (χ2n) is 7.60. The third kappa shape index (κ3) is 4.35. The van der Waals surface area contributed by atoms with Gasteiger partial charge >= 0.3 is 0 Å². The van der Waals surface area contributed by atoms with Crippen LogP contribution in [0, 0.1) is 5.82 Å². The zero-order valence-corrected chi connectivity index (χ0v) is 18.0. The molecule has 0 atom stereocenters. The lowest BCUT2D eigenvalue weighted by molar-refractivity contribution is 0.0953. The molecule has 1 aliphatic carbocycles. The molecule has 33 heavy (non-hydrogen) atoms. The van der Waals surface area contributed by atoms with Crippen molar-refractivity contribution in [2.24, 2.45) is 5.10 Å². The molecule has 2 aromatic carbocycles. The van der Waals surface area contributed by atoms with Crippen LogP contribution in [0.15, 0.2) is 71.2 Å². The highest BCUT2D eigenvalue weighted by Gasteiger charge is 2.27. The topological polar surface area (TPSA) is 102 Å². The van der Waals surface area contributed by atoms with Crippen LogP contribution in [0.1, 0.15) is 34.8 Å². The van der Waals surface area contributed by atoms with E-state index >= 15 is 0 Å².